The van der Waals surface area contributed by atoms with Gasteiger partial charge in [0.15, 0.2) is 12.2 Å². The molecule has 104 heavy (non-hydrogen) atoms. The first-order valence-corrected chi connectivity index (χ1v) is 42.7. The number of ether oxygens (including phenoxy) is 4. The molecule has 0 bridgehead atoms. The van der Waals surface area contributed by atoms with E-state index in [2.05, 4.69) is 174 Å². The number of hydrogen-bond acceptors (Lipinski definition) is 15. The summed E-state index contributed by atoms with van der Waals surface area (Å²) in [6, 6.07) is 0. The number of rotatable bonds is 73. The van der Waals surface area contributed by atoms with E-state index in [9.17, 15) is 43.2 Å². The molecule has 0 heterocycles. The highest BCUT2D eigenvalue weighted by molar-refractivity contribution is 7.47. The Morgan fingerprint density at radius 2 is 0.510 bits per heavy atom. The second-order valence-corrected chi connectivity index (χ2v) is 28.8. The quantitative estimate of drug-likeness (QED) is 0.0169. The van der Waals surface area contributed by atoms with E-state index in [1.807, 2.05) is 12.2 Å². The SMILES string of the molecule is CC/C=C\C/C=C\C/C=C\C/C=C\C/C=C\CCCC(=O)OCC(COP(=O)(O)OCC(O)COP(=O)(O)OCC(COC(=O)CCCCCCC/C=C\C/C=C\C/C=C\CC)OC(=O)CCCCCCC/C=C\CCCCCCCC)OC(=O)CCCCCC/C=C\C/C=C\C/C=C\C/C=C\CC. The van der Waals surface area contributed by atoms with Crippen molar-refractivity contribution in [1.29, 1.82) is 0 Å². The molecule has 5 atom stereocenters. The first-order chi connectivity index (χ1) is 50.7. The highest BCUT2D eigenvalue weighted by atomic mass is 31.2. The van der Waals surface area contributed by atoms with Gasteiger partial charge >= 0.3 is 39.5 Å². The molecule has 0 rings (SSSR count). The Morgan fingerprint density at radius 1 is 0.279 bits per heavy atom. The van der Waals surface area contributed by atoms with E-state index in [0.29, 0.717) is 32.1 Å². The monoisotopic (exact) mass is 1490 g/mol. The number of phosphoric acid groups is 2. The van der Waals surface area contributed by atoms with Gasteiger partial charge in [0.1, 0.15) is 19.3 Å². The molecule has 3 N–H and O–H groups in total. The van der Waals surface area contributed by atoms with Gasteiger partial charge in [-0.1, -0.05) is 269 Å². The summed E-state index contributed by atoms with van der Waals surface area (Å²) in [5, 5.41) is 10.6. The molecule has 5 unspecified atom stereocenters. The second-order valence-electron chi connectivity index (χ2n) is 25.9. The predicted molar refractivity (Wildman–Crippen MR) is 427 cm³/mol. The van der Waals surface area contributed by atoms with Crippen LogP contribution >= 0.6 is 15.6 Å². The zero-order valence-electron chi connectivity index (χ0n) is 64.6. The van der Waals surface area contributed by atoms with Crippen molar-refractivity contribution in [2.45, 2.75) is 316 Å². The number of carbonyl (C=O) groups excluding carboxylic acids is 4. The lowest BCUT2D eigenvalue weighted by molar-refractivity contribution is -0.161. The van der Waals surface area contributed by atoms with Crippen molar-refractivity contribution in [3.63, 3.8) is 0 Å². The average Bonchev–Trinajstić information content (AvgIpc) is 0.926. The van der Waals surface area contributed by atoms with E-state index >= 15 is 0 Å². The zero-order chi connectivity index (χ0) is 76.0. The predicted octanol–water partition coefficient (Wildman–Crippen LogP) is 23.2. The van der Waals surface area contributed by atoms with Crippen LogP contribution in [-0.4, -0.2) is 96.7 Å². The molecular weight excluding hydrogens is 1350 g/mol. The number of aliphatic hydroxyl groups is 1. The number of hydrogen-bond donors (Lipinski definition) is 3. The molecule has 17 nitrogen and oxygen atoms in total. The maximum Gasteiger partial charge on any atom is 0.472 e. The van der Waals surface area contributed by atoms with Crippen molar-refractivity contribution < 1.29 is 80.2 Å². The van der Waals surface area contributed by atoms with E-state index < -0.39 is 97.5 Å². The van der Waals surface area contributed by atoms with Crippen LogP contribution in [0, 0.1) is 0 Å². The summed E-state index contributed by atoms with van der Waals surface area (Å²) in [5.74, 6) is -2.30. The largest absolute Gasteiger partial charge is 0.472 e. The van der Waals surface area contributed by atoms with Crippen molar-refractivity contribution >= 4 is 39.5 Å². The normalized spacial score (nSPS) is 14.7. The molecule has 0 aliphatic rings. The van der Waals surface area contributed by atoms with Crippen LogP contribution in [0.5, 0.6) is 0 Å². The highest BCUT2D eigenvalue weighted by Crippen LogP contribution is 2.45. The number of esters is 4. The van der Waals surface area contributed by atoms with Gasteiger partial charge in [0.25, 0.3) is 0 Å². The van der Waals surface area contributed by atoms with E-state index in [1.54, 1.807) is 0 Å². The van der Waals surface area contributed by atoms with Crippen LogP contribution in [0.25, 0.3) is 0 Å². The second kappa shape index (κ2) is 75.9. The maximum absolute atomic E-state index is 13.1. The van der Waals surface area contributed by atoms with Crippen LogP contribution in [0.2, 0.25) is 0 Å². The summed E-state index contributed by atoms with van der Waals surface area (Å²) in [5.41, 5.74) is 0. The smallest absolute Gasteiger partial charge is 0.462 e. The Hall–Kier alpha value is -5.32. The van der Waals surface area contributed by atoms with Crippen molar-refractivity contribution in [3.05, 3.63) is 158 Å². The Labute approximate surface area is 629 Å². The highest BCUT2D eigenvalue weighted by Gasteiger charge is 2.30. The molecule has 0 saturated carbocycles. The summed E-state index contributed by atoms with van der Waals surface area (Å²) in [4.78, 5) is 73.0. The van der Waals surface area contributed by atoms with Crippen LogP contribution in [0.15, 0.2) is 158 Å². The van der Waals surface area contributed by atoms with Gasteiger partial charge in [-0.2, -0.15) is 0 Å². The fourth-order valence-corrected chi connectivity index (χ4v) is 11.6. The molecule has 0 aromatic carbocycles. The molecule has 592 valence electrons. The minimum Gasteiger partial charge on any atom is -0.462 e. The first kappa shape index (κ1) is 98.7. The first-order valence-electron chi connectivity index (χ1n) is 39.7. The number of carbonyl (C=O) groups is 4. The van der Waals surface area contributed by atoms with Crippen molar-refractivity contribution in [3.8, 4) is 0 Å². The van der Waals surface area contributed by atoms with Crippen LogP contribution in [0.3, 0.4) is 0 Å². The summed E-state index contributed by atoms with van der Waals surface area (Å²) >= 11 is 0. The third-order valence-corrected chi connectivity index (χ3v) is 17.9. The average molecular weight is 1500 g/mol. The Balaban J connectivity index is 5.47. The van der Waals surface area contributed by atoms with Gasteiger partial charge in [0.05, 0.1) is 26.4 Å². The lowest BCUT2D eigenvalue weighted by Crippen LogP contribution is -2.30. The van der Waals surface area contributed by atoms with Crippen molar-refractivity contribution in [2.75, 3.05) is 39.6 Å². The van der Waals surface area contributed by atoms with E-state index in [1.165, 1.54) is 38.5 Å². The third-order valence-electron chi connectivity index (χ3n) is 16.0. The minimum absolute atomic E-state index is 0.0489. The summed E-state index contributed by atoms with van der Waals surface area (Å²) < 4.78 is 68.5. The van der Waals surface area contributed by atoms with E-state index in [0.717, 1.165) is 173 Å². The van der Waals surface area contributed by atoms with Gasteiger partial charge in [-0.25, -0.2) is 9.13 Å². The van der Waals surface area contributed by atoms with Crippen molar-refractivity contribution in [2.24, 2.45) is 0 Å². The molecule has 0 saturated heterocycles. The maximum atomic E-state index is 13.1. The molecule has 0 aromatic rings. The fourth-order valence-electron chi connectivity index (χ4n) is 10.0. The van der Waals surface area contributed by atoms with Gasteiger partial charge in [-0.3, -0.25) is 37.3 Å². The van der Waals surface area contributed by atoms with Gasteiger partial charge in [0.2, 0.25) is 0 Å². The number of phosphoric ester groups is 2. The van der Waals surface area contributed by atoms with Gasteiger partial charge in [-0.15, -0.1) is 0 Å². The number of unbranched alkanes of at least 4 members (excludes halogenated alkanes) is 21. The molecule has 0 aromatic heterocycles. The molecule has 0 amide bonds. The Kier molecular flexibility index (Phi) is 72.0. The topological polar surface area (TPSA) is 237 Å². The van der Waals surface area contributed by atoms with Crippen LogP contribution in [-0.2, 0) is 65.4 Å². The molecule has 0 aliphatic carbocycles. The van der Waals surface area contributed by atoms with E-state index in [4.69, 9.17) is 37.0 Å². The van der Waals surface area contributed by atoms with Crippen LogP contribution in [0.4, 0.5) is 0 Å². The number of allylic oxidation sites excluding steroid dienone is 26. The zero-order valence-corrected chi connectivity index (χ0v) is 66.4. The third kappa shape index (κ3) is 74.9. The van der Waals surface area contributed by atoms with Crippen LogP contribution in [0.1, 0.15) is 297 Å². The standard InChI is InChI=1S/C85H140O17P2/c1-5-9-13-17-21-25-29-33-37-39-43-46-50-54-58-62-66-70-83(88)96-76-81(102-85(90)72-68-64-60-56-52-48-44-40-38-34-30-26-22-18-14-10-6-2)78-100-104(93,94)98-74-79(86)73-97-103(91,92)99-77-80(101-84(89)71-67-63-59-55-51-47-42-36-32-28-24-20-16-12-8-4)75-95-82(87)69-65-61-57-53-49-45-41-35-31-27-23-19-15-11-7-3/h9-11,13-15,21-23,25-27,33-38,41-44,46,48,54,58,79-81,86H,5-8,12,16-20,24,28-32,39-40,45,47,49-53,55-57,59-78H2,1-4H3,(H,91,92)(H,93,94)/b13-9-,14-10-,15-11-,25-21-,26-22-,27-23-,37-33-,38-34-,41-35-,42-36-,46-43-,48-44-,58-54-. The lowest BCUT2D eigenvalue weighted by atomic mass is 10.1. The summed E-state index contributed by atoms with van der Waals surface area (Å²) in [7, 11) is -10.00. The molecule has 0 radical (unpaired) electrons. The molecule has 0 aliphatic heterocycles. The summed E-state index contributed by atoms with van der Waals surface area (Å²) in [6.07, 6.45) is 88.0. The Morgan fingerprint density at radius 3 is 0.817 bits per heavy atom. The molecule has 0 fully saturated rings. The van der Waals surface area contributed by atoms with Crippen LogP contribution < -0.4 is 0 Å². The minimum atomic E-state index is -5.00. The molecule has 0 spiro atoms. The summed E-state index contributed by atoms with van der Waals surface area (Å²) in [6.45, 7) is 4.40. The lowest BCUT2D eigenvalue weighted by Gasteiger charge is -2.21. The fraction of sp³-hybridized carbons (Fsp3) is 0.647. The van der Waals surface area contributed by atoms with E-state index in [-0.39, 0.29) is 25.7 Å². The van der Waals surface area contributed by atoms with Gasteiger partial charge in [-0.05, 0) is 161 Å². The van der Waals surface area contributed by atoms with Crippen molar-refractivity contribution in [1.82, 2.24) is 0 Å². The molecular formula is C85H140O17P2. The number of aliphatic hydroxyl groups excluding tert-OH is 1. The van der Waals surface area contributed by atoms with Gasteiger partial charge in [0, 0.05) is 25.7 Å². The molecule has 19 heteroatoms. The van der Waals surface area contributed by atoms with Gasteiger partial charge < -0.3 is 33.8 Å². The Bertz CT molecular complexity index is 2590.